The molecule has 2 rings (SSSR count). The van der Waals surface area contributed by atoms with Gasteiger partial charge in [0.05, 0.1) is 0 Å². The van der Waals surface area contributed by atoms with Crippen LogP contribution < -0.4 is 14.0 Å². The van der Waals surface area contributed by atoms with Crippen LogP contribution in [0.25, 0.3) is 0 Å². The van der Waals surface area contributed by atoms with Crippen molar-refractivity contribution in [3.8, 4) is 0 Å². The Morgan fingerprint density at radius 1 is 1.41 bits per heavy atom. The van der Waals surface area contributed by atoms with Crippen LogP contribution in [0, 0.1) is 0 Å². The Labute approximate surface area is 106 Å². The van der Waals surface area contributed by atoms with Gasteiger partial charge in [0, 0.05) is 0 Å². The summed E-state index contributed by atoms with van der Waals surface area (Å²) in [5.74, 6) is 1.00. The van der Waals surface area contributed by atoms with Crippen LogP contribution in [-0.4, -0.2) is 46.8 Å². The quantitative estimate of drug-likeness (QED) is 0.806. The van der Waals surface area contributed by atoms with Crippen LogP contribution in [0.1, 0.15) is 13.8 Å². The second-order valence-corrected chi connectivity index (χ2v) is 20.0. The molecule has 0 aliphatic carbocycles. The van der Waals surface area contributed by atoms with Gasteiger partial charge in [-0.3, -0.25) is 0 Å². The molecule has 0 saturated carbocycles. The molecular weight excluding hydrogens is 323 g/mol. The third-order valence-electron chi connectivity index (χ3n) is 2.87. The average Bonchev–Trinajstić information content (AvgIpc) is 2.59. The molecule has 1 amide bonds. The molecule has 0 unspecified atom stereocenters. The van der Waals surface area contributed by atoms with Crippen molar-refractivity contribution in [1.82, 2.24) is 9.89 Å². The Morgan fingerprint density at radius 3 is 2.59 bits per heavy atom. The Bertz CT molecular complexity index is 447. The van der Waals surface area contributed by atoms with Gasteiger partial charge in [-0.1, -0.05) is 0 Å². The van der Waals surface area contributed by atoms with Crippen molar-refractivity contribution in [2.45, 2.75) is 34.7 Å². The summed E-state index contributed by atoms with van der Waals surface area (Å²) in [5, 5.41) is 4.59. The maximum atomic E-state index is 11.9. The van der Waals surface area contributed by atoms with Gasteiger partial charge in [-0.25, -0.2) is 0 Å². The third-order valence-corrected chi connectivity index (χ3v) is 7.95. The molecule has 0 atom stereocenters. The molecule has 1 aromatic rings. The van der Waals surface area contributed by atoms with Gasteiger partial charge in [-0.15, -0.1) is 0 Å². The summed E-state index contributed by atoms with van der Waals surface area (Å²) in [6.45, 7) is 4.38. The van der Waals surface area contributed by atoms with Crippen molar-refractivity contribution >= 4 is 33.8 Å². The molecule has 0 spiro atoms. The van der Waals surface area contributed by atoms with Crippen LogP contribution in [0.3, 0.4) is 0 Å². The molecule has 0 bridgehead atoms. The van der Waals surface area contributed by atoms with Crippen molar-refractivity contribution < 1.29 is 4.79 Å². The maximum absolute atomic E-state index is 11.9. The van der Waals surface area contributed by atoms with E-state index in [1.807, 2.05) is 18.7 Å². The van der Waals surface area contributed by atoms with E-state index in [2.05, 4.69) is 31.4 Å². The van der Waals surface area contributed by atoms with E-state index in [4.69, 9.17) is 0 Å². The van der Waals surface area contributed by atoms with Gasteiger partial charge in [-0.05, 0) is 0 Å². The van der Waals surface area contributed by atoms with Crippen molar-refractivity contribution in [3.63, 3.8) is 0 Å². The summed E-state index contributed by atoms with van der Waals surface area (Å²) in [6.07, 6.45) is 0. The Balaban J connectivity index is 2.46. The van der Waals surface area contributed by atoms with Gasteiger partial charge in [0.2, 0.25) is 0 Å². The molecule has 6 heteroatoms. The first-order valence-corrected chi connectivity index (χ1v) is 16.0. The van der Waals surface area contributed by atoms with Gasteiger partial charge in [0.25, 0.3) is 0 Å². The van der Waals surface area contributed by atoms with E-state index in [1.54, 1.807) is 4.79 Å². The van der Waals surface area contributed by atoms with E-state index in [9.17, 15) is 4.79 Å². The first-order valence-electron chi connectivity index (χ1n) is 5.97. The number of fused-ring (bicyclic) bond motifs is 1. The van der Waals surface area contributed by atoms with Crippen LogP contribution in [0.5, 0.6) is 0 Å². The molecule has 0 radical (unpaired) electrons. The predicted octanol–water partition coefficient (Wildman–Crippen LogP) is 0.727. The number of hydrogen-bond donors (Lipinski definition) is 1. The molecule has 17 heavy (non-hydrogen) atoms. The van der Waals surface area contributed by atoms with Crippen molar-refractivity contribution in [3.05, 3.63) is 6.07 Å². The van der Waals surface area contributed by atoms with E-state index < -0.39 is 18.4 Å². The van der Waals surface area contributed by atoms with Crippen molar-refractivity contribution in [1.29, 1.82) is 0 Å². The molecule has 5 nitrogen and oxygen atoms in total. The van der Waals surface area contributed by atoms with E-state index in [-0.39, 0.29) is 11.9 Å². The molecule has 0 saturated heterocycles. The number of amides is 1. The average molecular weight is 343 g/mol. The number of carbonyl (C=O) groups is 1. The minimum atomic E-state index is -2.18. The molecule has 1 aliphatic rings. The van der Waals surface area contributed by atoms with E-state index in [0.29, 0.717) is 6.54 Å². The molecule has 2 heterocycles. The number of nitrogens with zero attached hydrogens (tertiary/aromatic N) is 3. The number of carbonyl (C=O) groups excluding carboxylic acids is 1. The summed E-state index contributed by atoms with van der Waals surface area (Å²) in [5.41, 5.74) is 3.04. The SMILES string of the molecule is CC(C)N1C(=O)CNn2n[c]([Sn]([CH3])([CH3])[CH3])cc21. The van der Waals surface area contributed by atoms with E-state index in [0.717, 1.165) is 5.82 Å². The molecule has 0 fully saturated rings. The second kappa shape index (κ2) is 4.19. The Morgan fingerprint density at radius 2 is 2.06 bits per heavy atom. The van der Waals surface area contributed by atoms with Gasteiger partial charge >= 0.3 is 106 Å². The van der Waals surface area contributed by atoms with Crippen LogP contribution in [0.15, 0.2) is 6.07 Å². The zero-order valence-corrected chi connectivity index (χ0v) is 14.0. The Kier molecular flexibility index (Phi) is 3.13. The monoisotopic (exact) mass is 344 g/mol. The molecule has 1 N–H and O–H groups in total. The molecular formula is C11H20N4OSn. The zero-order chi connectivity index (χ0) is 12.8. The topological polar surface area (TPSA) is 50.2 Å². The molecule has 1 aromatic heterocycles. The van der Waals surface area contributed by atoms with Gasteiger partial charge in [0.15, 0.2) is 0 Å². The number of nitrogens with one attached hydrogen (secondary N) is 1. The standard InChI is InChI=1S/C8H11N4O.3CH3.Sn/c1-6(2)11-7-3-4-9-12(7)10-5-8(11)13;;;;/h3,6,10H,5H2,1-2H3;3*1H3;. The number of hydrogen-bond acceptors (Lipinski definition) is 3. The summed E-state index contributed by atoms with van der Waals surface area (Å²) < 4.78 is 1.20. The van der Waals surface area contributed by atoms with E-state index >= 15 is 0 Å². The van der Waals surface area contributed by atoms with Crippen LogP contribution in [0.2, 0.25) is 14.8 Å². The summed E-state index contributed by atoms with van der Waals surface area (Å²) in [7, 11) is 0. The fraction of sp³-hybridized carbons (Fsp3) is 0.636. The first kappa shape index (κ1) is 12.7. The molecule has 94 valence electrons. The van der Waals surface area contributed by atoms with Crippen LogP contribution >= 0.6 is 0 Å². The summed E-state index contributed by atoms with van der Waals surface area (Å²) in [6, 6.07) is 2.25. The third kappa shape index (κ3) is 2.29. The first-order chi connectivity index (χ1) is 7.80. The number of rotatable bonds is 2. The van der Waals surface area contributed by atoms with Gasteiger partial charge in [-0.2, -0.15) is 0 Å². The normalized spacial score (nSPS) is 16.1. The predicted molar refractivity (Wildman–Crippen MR) is 72.1 cm³/mol. The fourth-order valence-corrected chi connectivity index (χ4v) is 4.68. The molecule has 1 aliphatic heterocycles. The number of anilines is 1. The minimum absolute atomic E-state index is 0.114. The van der Waals surface area contributed by atoms with Crippen LogP contribution in [0.4, 0.5) is 5.82 Å². The van der Waals surface area contributed by atoms with E-state index in [1.165, 1.54) is 3.71 Å². The van der Waals surface area contributed by atoms with Gasteiger partial charge in [0.1, 0.15) is 0 Å². The van der Waals surface area contributed by atoms with Crippen molar-refractivity contribution in [2.24, 2.45) is 0 Å². The van der Waals surface area contributed by atoms with Crippen LogP contribution in [-0.2, 0) is 4.79 Å². The zero-order valence-electron chi connectivity index (χ0n) is 11.1. The Hall–Kier alpha value is -0.721. The summed E-state index contributed by atoms with van der Waals surface area (Å²) in [4.78, 5) is 22.5. The number of aromatic nitrogens is 2. The fourth-order valence-electron chi connectivity index (χ4n) is 1.93. The molecule has 0 aromatic carbocycles. The van der Waals surface area contributed by atoms with Gasteiger partial charge < -0.3 is 0 Å². The second-order valence-electron chi connectivity index (χ2n) is 5.74. The summed E-state index contributed by atoms with van der Waals surface area (Å²) >= 11 is -2.18. The van der Waals surface area contributed by atoms with Crippen molar-refractivity contribution in [2.75, 3.05) is 16.9 Å².